The predicted molar refractivity (Wildman–Crippen MR) is 60.2 cm³/mol. The van der Waals surface area contributed by atoms with E-state index in [4.69, 9.17) is 10.00 Å². The Bertz CT molecular complexity index is 243. The van der Waals surface area contributed by atoms with Crippen LogP contribution in [0.1, 0.15) is 39.0 Å². The monoisotopic (exact) mass is 227 g/mol. The Morgan fingerprint density at radius 3 is 2.73 bits per heavy atom. The van der Waals surface area contributed by atoms with Crippen molar-refractivity contribution in [1.29, 1.82) is 5.26 Å². The zero-order valence-electron chi connectivity index (χ0n) is 9.07. The van der Waals surface area contributed by atoms with Gasteiger partial charge in [0.15, 0.2) is 0 Å². The molecule has 1 unspecified atom stereocenters. The SMILES string of the molecule is CC(=O)OCC(SC#N)C1CCCCC1. The van der Waals surface area contributed by atoms with Crippen molar-refractivity contribution in [1.82, 2.24) is 0 Å². The lowest BCUT2D eigenvalue weighted by Gasteiger charge is -2.27. The van der Waals surface area contributed by atoms with Crippen LogP contribution in [0.2, 0.25) is 0 Å². The lowest BCUT2D eigenvalue weighted by molar-refractivity contribution is -0.141. The number of hydrogen-bond donors (Lipinski definition) is 0. The largest absolute Gasteiger partial charge is 0.465 e. The fraction of sp³-hybridized carbons (Fsp3) is 0.818. The summed E-state index contributed by atoms with van der Waals surface area (Å²) in [7, 11) is 0. The number of ether oxygens (including phenoxy) is 1. The van der Waals surface area contributed by atoms with Gasteiger partial charge in [-0.3, -0.25) is 4.79 Å². The number of esters is 1. The summed E-state index contributed by atoms with van der Waals surface area (Å²) < 4.78 is 5.00. The summed E-state index contributed by atoms with van der Waals surface area (Å²) in [5, 5.41) is 11.0. The molecule has 0 radical (unpaired) electrons. The quantitative estimate of drug-likeness (QED) is 0.547. The molecule has 1 aliphatic carbocycles. The number of carbonyl (C=O) groups excluding carboxylic acids is 1. The first-order valence-electron chi connectivity index (χ1n) is 5.42. The van der Waals surface area contributed by atoms with Gasteiger partial charge in [-0.15, -0.1) is 0 Å². The average molecular weight is 227 g/mol. The lowest BCUT2D eigenvalue weighted by atomic mass is 9.87. The molecule has 0 bridgehead atoms. The third-order valence-electron chi connectivity index (χ3n) is 2.83. The molecule has 0 aliphatic heterocycles. The van der Waals surface area contributed by atoms with Crippen LogP contribution in [0.5, 0.6) is 0 Å². The second-order valence-corrected chi connectivity index (χ2v) is 4.97. The van der Waals surface area contributed by atoms with E-state index in [0.717, 1.165) is 0 Å². The van der Waals surface area contributed by atoms with E-state index in [1.165, 1.54) is 50.8 Å². The number of nitrogens with zero attached hydrogens (tertiary/aromatic N) is 1. The zero-order valence-corrected chi connectivity index (χ0v) is 9.89. The molecule has 1 rings (SSSR count). The lowest BCUT2D eigenvalue weighted by Crippen LogP contribution is -2.25. The minimum absolute atomic E-state index is 0.166. The van der Waals surface area contributed by atoms with Crippen LogP contribution >= 0.6 is 11.8 Å². The van der Waals surface area contributed by atoms with Gasteiger partial charge in [-0.1, -0.05) is 19.3 Å². The normalized spacial score (nSPS) is 19.2. The van der Waals surface area contributed by atoms with Gasteiger partial charge in [-0.25, -0.2) is 0 Å². The van der Waals surface area contributed by atoms with E-state index in [1.807, 2.05) is 0 Å². The van der Waals surface area contributed by atoms with Gasteiger partial charge in [0.05, 0.1) is 5.25 Å². The van der Waals surface area contributed by atoms with Crippen molar-refractivity contribution in [2.24, 2.45) is 5.92 Å². The first kappa shape index (κ1) is 12.4. The summed E-state index contributed by atoms with van der Waals surface area (Å²) in [5.41, 5.74) is 0. The van der Waals surface area contributed by atoms with Crippen molar-refractivity contribution in [2.75, 3.05) is 6.61 Å². The maximum atomic E-state index is 10.7. The van der Waals surface area contributed by atoms with Crippen LogP contribution < -0.4 is 0 Å². The number of hydrogen-bond acceptors (Lipinski definition) is 4. The topological polar surface area (TPSA) is 50.1 Å². The standard InChI is InChI=1S/C11H17NO2S/c1-9(13)14-7-11(15-8-12)10-5-3-2-4-6-10/h10-11H,2-7H2,1H3. The second-order valence-electron chi connectivity index (χ2n) is 3.95. The summed E-state index contributed by atoms with van der Waals surface area (Å²) in [6.45, 7) is 1.80. The van der Waals surface area contributed by atoms with E-state index < -0.39 is 0 Å². The van der Waals surface area contributed by atoms with Crippen LogP contribution in [-0.4, -0.2) is 17.8 Å². The molecule has 0 N–H and O–H groups in total. The van der Waals surface area contributed by atoms with Crippen molar-refractivity contribution in [3.63, 3.8) is 0 Å². The highest BCUT2D eigenvalue weighted by molar-refractivity contribution is 8.04. The first-order valence-corrected chi connectivity index (χ1v) is 6.30. The number of thioether (sulfide) groups is 1. The molecule has 0 amide bonds. The van der Waals surface area contributed by atoms with Crippen molar-refractivity contribution in [3.8, 4) is 5.40 Å². The molecule has 3 nitrogen and oxygen atoms in total. The summed E-state index contributed by atoms with van der Waals surface area (Å²) >= 11 is 1.25. The van der Waals surface area contributed by atoms with E-state index in [-0.39, 0.29) is 11.2 Å². The molecule has 0 saturated heterocycles. The summed E-state index contributed by atoms with van der Waals surface area (Å²) in [4.78, 5) is 10.7. The molecule has 4 heteroatoms. The average Bonchev–Trinajstić information content (AvgIpc) is 2.25. The van der Waals surface area contributed by atoms with E-state index in [0.29, 0.717) is 12.5 Å². The molecule has 0 heterocycles. The Morgan fingerprint density at radius 2 is 2.20 bits per heavy atom. The molecular weight excluding hydrogens is 210 g/mol. The van der Waals surface area contributed by atoms with Crippen LogP contribution in [0.25, 0.3) is 0 Å². The summed E-state index contributed by atoms with van der Waals surface area (Å²) in [5.74, 6) is 0.289. The number of nitriles is 1. The smallest absolute Gasteiger partial charge is 0.302 e. The van der Waals surface area contributed by atoms with Gasteiger partial charge in [0.25, 0.3) is 0 Å². The number of carbonyl (C=O) groups is 1. The van der Waals surface area contributed by atoms with Gasteiger partial charge >= 0.3 is 5.97 Å². The van der Waals surface area contributed by atoms with Crippen molar-refractivity contribution >= 4 is 17.7 Å². The fourth-order valence-electron chi connectivity index (χ4n) is 2.04. The first-order chi connectivity index (χ1) is 7.24. The molecule has 1 fully saturated rings. The molecule has 1 aliphatic rings. The molecule has 0 aromatic rings. The highest BCUT2D eigenvalue weighted by Gasteiger charge is 2.25. The van der Waals surface area contributed by atoms with Gasteiger partial charge in [-0.05, 0) is 30.5 Å². The van der Waals surface area contributed by atoms with Gasteiger partial charge in [0.2, 0.25) is 0 Å². The molecule has 0 aromatic heterocycles. The summed E-state index contributed by atoms with van der Waals surface area (Å²) in [6.07, 6.45) is 6.12. The third kappa shape index (κ3) is 4.57. The van der Waals surface area contributed by atoms with Gasteiger partial charge in [-0.2, -0.15) is 5.26 Å². The molecule has 15 heavy (non-hydrogen) atoms. The van der Waals surface area contributed by atoms with E-state index in [1.54, 1.807) is 0 Å². The van der Waals surface area contributed by atoms with Gasteiger partial charge in [0.1, 0.15) is 12.0 Å². The van der Waals surface area contributed by atoms with Crippen LogP contribution in [0, 0.1) is 16.6 Å². The number of rotatable bonds is 4. The molecule has 84 valence electrons. The predicted octanol–water partition coefficient (Wildman–Crippen LogP) is 2.71. The minimum Gasteiger partial charge on any atom is -0.465 e. The van der Waals surface area contributed by atoms with Crippen LogP contribution in [0.4, 0.5) is 0 Å². The van der Waals surface area contributed by atoms with E-state index in [9.17, 15) is 4.79 Å². The van der Waals surface area contributed by atoms with Crippen molar-refractivity contribution < 1.29 is 9.53 Å². The maximum absolute atomic E-state index is 10.7. The Hall–Kier alpha value is -0.690. The van der Waals surface area contributed by atoms with E-state index in [2.05, 4.69) is 5.40 Å². The molecule has 1 atom stereocenters. The van der Waals surface area contributed by atoms with E-state index >= 15 is 0 Å². The Labute approximate surface area is 95.2 Å². The second kappa shape index (κ2) is 6.73. The zero-order chi connectivity index (χ0) is 11.1. The van der Waals surface area contributed by atoms with Gasteiger partial charge < -0.3 is 4.74 Å². The van der Waals surface area contributed by atoms with Crippen LogP contribution in [0.3, 0.4) is 0 Å². The molecular formula is C11H17NO2S. The molecule has 0 spiro atoms. The Balaban J connectivity index is 2.40. The Kier molecular flexibility index (Phi) is 5.56. The third-order valence-corrected chi connectivity index (χ3v) is 3.76. The molecule has 1 saturated carbocycles. The summed E-state index contributed by atoms with van der Waals surface area (Å²) in [6, 6.07) is 0. The van der Waals surface area contributed by atoms with Crippen LogP contribution in [-0.2, 0) is 9.53 Å². The highest BCUT2D eigenvalue weighted by Crippen LogP contribution is 2.32. The molecule has 0 aromatic carbocycles. The Morgan fingerprint density at radius 1 is 1.53 bits per heavy atom. The van der Waals surface area contributed by atoms with Gasteiger partial charge in [0, 0.05) is 6.92 Å². The number of thiocyanates is 1. The highest BCUT2D eigenvalue weighted by atomic mass is 32.2. The van der Waals surface area contributed by atoms with Crippen LogP contribution in [0.15, 0.2) is 0 Å². The fourth-order valence-corrected chi connectivity index (χ4v) is 2.78. The van der Waals surface area contributed by atoms with Crippen molar-refractivity contribution in [2.45, 2.75) is 44.3 Å². The van der Waals surface area contributed by atoms with Crippen molar-refractivity contribution in [3.05, 3.63) is 0 Å². The minimum atomic E-state index is -0.255. The maximum Gasteiger partial charge on any atom is 0.302 e.